The van der Waals surface area contributed by atoms with E-state index in [9.17, 15) is 19.1 Å². The van der Waals surface area contributed by atoms with Gasteiger partial charge in [0.2, 0.25) is 0 Å². The first-order valence-corrected chi connectivity index (χ1v) is 12.6. The number of aliphatic hydroxyl groups is 1. The molecule has 0 aliphatic rings. The minimum atomic E-state index is -1.47. The molecule has 39 heavy (non-hydrogen) atoms. The number of ether oxygens (including phenoxy) is 1. The molecule has 1 N–H and O–H groups in total. The number of rotatable bonds is 6. The number of pyridine rings is 3. The predicted octanol–water partition coefficient (Wildman–Crippen LogP) is 1.92. The fourth-order valence-electron chi connectivity index (χ4n) is 4.12. The molecule has 4 aromatic rings. The number of aromatic nitrogens is 5. The number of hydrogen-bond acceptors (Lipinski definition) is 7. The van der Waals surface area contributed by atoms with Crippen LogP contribution in [0.4, 0.5) is 4.39 Å². The summed E-state index contributed by atoms with van der Waals surface area (Å²) >= 11 is 12.3. The molecule has 0 aliphatic carbocycles. The van der Waals surface area contributed by atoms with Crippen molar-refractivity contribution in [2.45, 2.75) is 38.7 Å². The molecule has 0 unspecified atom stereocenters. The molecule has 9 nitrogen and oxygen atoms in total. The van der Waals surface area contributed by atoms with Crippen molar-refractivity contribution in [3.8, 4) is 17.3 Å². The van der Waals surface area contributed by atoms with E-state index in [1.54, 1.807) is 41.7 Å². The summed E-state index contributed by atoms with van der Waals surface area (Å²) in [5, 5.41) is 8.95. The first-order chi connectivity index (χ1) is 18.1. The van der Waals surface area contributed by atoms with Crippen molar-refractivity contribution < 1.29 is 14.2 Å². The van der Waals surface area contributed by atoms with E-state index < -0.39 is 27.9 Å². The van der Waals surface area contributed by atoms with Gasteiger partial charge in [0.1, 0.15) is 39.4 Å². The van der Waals surface area contributed by atoms with Gasteiger partial charge in [-0.25, -0.2) is 9.37 Å². The molecule has 14 heteroatoms. The van der Waals surface area contributed by atoms with E-state index in [-0.39, 0.29) is 33.0 Å². The summed E-state index contributed by atoms with van der Waals surface area (Å²) in [5.74, 6) is -0.405. The third kappa shape index (κ3) is 5.50. The van der Waals surface area contributed by atoms with Crippen LogP contribution < -0.4 is 15.9 Å². The second-order valence-electron chi connectivity index (χ2n) is 10.0. The summed E-state index contributed by atoms with van der Waals surface area (Å²) in [5.41, 5.74) is -1.16. The summed E-state index contributed by atoms with van der Waals surface area (Å²) < 4.78 is 23.2. The Bertz CT molecular complexity index is 1720. The first-order valence-electron chi connectivity index (χ1n) is 11.8. The van der Waals surface area contributed by atoms with Gasteiger partial charge in [-0.15, -0.1) is 0 Å². The third-order valence-corrected chi connectivity index (χ3v) is 6.57. The maximum Gasteiger partial charge on any atom is 0.280 e. The van der Waals surface area contributed by atoms with Crippen molar-refractivity contribution >= 4 is 38.9 Å². The molecule has 0 spiro atoms. The van der Waals surface area contributed by atoms with Crippen molar-refractivity contribution in [2.75, 3.05) is 0 Å². The Morgan fingerprint density at radius 3 is 2.33 bits per heavy atom. The molecule has 0 aliphatic heterocycles. The fraction of sp³-hybridized carbons (Fsp3) is 0.240. The van der Waals surface area contributed by atoms with Gasteiger partial charge in [-0.1, -0.05) is 23.2 Å². The molecule has 0 saturated heterocycles. The summed E-state index contributed by atoms with van der Waals surface area (Å²) in [6, 6.07) is 4.25. The summed E-state index contributed by atoms with van der Waals surface area (Å²) in [7, 11) is 3.19. The minimum absolute atomic E-state index is 0.00682. The average molecular weight is 570 g/mol. The number of aryl methyl sites for hydroxylation is 2. The molecule has 0 aromatic carbocycles. The Morgan fingerprint density at radius 2 is 1.69 bits per heavy atom. The van der Waals surface area contributed by atoms with Gasteiger partial charge in [-0.2, -0.15) is 0 Å². The van der Waals surface area contributed by atoms with Gasteiger partial charge in [0.25, 0.3) is 11.1 Å². The van der Waals surface area contributed by atoms with E-state index >= 15 is 0 Å². The fourth-order valence-corrected chi connectivity index (χ4v) is 4.44. The lowest BCUT2D eigenvalue weighted by molar-refractivity contribution is 0.0718. The van der Waals surface area contributed by atoms with Crippen molar-refractivity contribution in [1.29, 1.82) is 0 Å². The van der Waals surface area contributed by atoms with E-state index in [0.717, 1.165) is 6.07 Å². The van der Waals surface area contributed by atoms with Gasteiger partial charge in [0, 0.05) is 42.6 Å². The summed E-state index contributed by atoms with van der Waals surface area (Å²) in [6.07, 6.45) is 5.63. The normalized spacial score (nSPS) is 12.0. The molecule has 0 saturated carbocycles. The van der Waals surface area contributed by atoms with Gasteiger partial charge in [0.15, 0.2) is 15.7 Å². The highest BCUT2D eigenvalue weighted by molar-refractivity contribution is 6.39. The number of halogens is 3. The summed E-state index contributed by atoms with van der Waals surface area (Å²) in [6.45, 7) is 6.36. The Kier molecular flexibility index (Phi) is 7.50. The van der Waals surface area contributed by atoms with Crippen LogP contribution in [0, 0.1) is 19.7 Å². The maximum absolute atomic E-state index is 14.6. The number of hydrogen-bond donors (Lipinski definition) is 1. The molecule has 0 bridgehead atoms. The SMILES string of the molecule is BC(B)(Oc1cc(C)n(-c2cc(-n3ccnc(C(C)(C)O)c3=O)ncc2C)c(=O)c1Cl)c1ncc(Cl)cc1F. The van der Waals surface area contributed by atoms with Gasteiger partial charge in [-0.05, 0) is 39.3 Å². The third-order valence-electron chi connectivity index (χ3n) is 6.01. The zero-order valence-corrected chi connectivity index (χ0v) is 23.6. The molecule has 4 aromatic heterocycles. The quantitative estimate of drug-likeness (QED) is 0.353. The smallest absolute Gasteiger partial charge is 0.280 e. The van der Waals surface area contributed by atoms with Gasteiger partial charge in [0.05, 0.1) is 16.1 Å². The van der Waals surface area contributed by atoms with Crippen LogP contribution in [-0.4, -0.2) is 44.9 Å². The Labute approximate surface area is 235 Å². The van der Waals surface area contributed by atoms with Gasteiger partial charge >= 0.3 is 0 Å². The summed E-state index contributed by atoms with van der Waals surface area (Å²) in [4.78, 5) is 38.9. The molecule has 4 rings (SSSR count). The van der Waals surface area contributed by atoms with Crippen LogP contribution in [0.15, 0.2) is 52.6 Å². The van der Waals surface area contributed by atoms with Crippen LogP contribution in [0.5, 0.6) is 5.75 Å². The minimum Gasteiger partial charge on any atom is -0.498 e. The highest BCUT2D eigenvalue weighted by Crippen LogP contribution is 2.30. The number of nitrogens with zero attached hydrogens (tertiary/aromatic N) is 5. The topological polar surface area (TPSA) is 112 Å². The van der Waals surface area contributed by atoms with Crippen LogP contribution in [0.1, 0.15) is 36.5 Å². The van der Waals surface area contributed by atoms with E-state index in [1.807, 2.05) is 0 Å². The lowest BCUT2D eigenvalue weighted by Crippen LogP contribution is -2.37. The molecular formula is C25H24B2Cl2FN5O4. The maximum atomic E-state index is 14.6. The van der Waals surface area contributed by atoms with Gasteiger partial charge < -0.3 is 9.84 Å². The van der Waals surface area contributed by atoms with E-state index in [2.05, 4.69) is 15.0 Å². The Balaban J connectivity index is 1.81. The van der Waals surface area contributed by atoms with Crippen LogP contribution in [-0.2, 0) is 11.0 Å². The first kappa shape index (κ1) is 28.5. The van der Waals surface area contributed by atoms with Crippen molar-refractivity contribution in [3.63, 3.8) is 0 Å². The van der Waals surface area contributed by atoms with E-state index in [4.69, 9.17) is 27.9 Å². The van der Waals surface area contributed by atoms with Crippen molar-refractivity contribution in [1.82, 2.24) is 24.1 Å². The monoisotopic (exact) mass is 569 g/mol. The lowest BCUT2D eigenvalue weighted by Gasteiger charge is -2.28. The molecule has 0 atom stereocenters. The predicted molar refractivity (Wildman–Crippen MR) is 152 cm³/mol. The Morgan fingerprint density at radius 1 is 1.00 bits per heavy atom. The van der Waals surface area contributed by atoms with Crippen LogP contribution in [0.2, 0.25) is 10.0 Å². The second kappa shape index (κ2) is 10.3. The van der Waals surface area contributed by atoms with Crippen LogP contribution in [0.3, 0.4) is 0 Å². The average Bonchev–Trinajstić information content (AvgIpc) is 2.82. The highest BCUT2D eigenvalue weighted by atomic mass is 35.5. The molecule has 200 valence electrons. The zero-order valence-electron chi connectivity index (χ0n) is 22.1. The molecule has 0 radical (unpaired) electrons. The van der Waals surface area contributed by atoms with Crippen molar-refractivity contribution in [3.05, 3.63) is 102 Å². The van der Waals surface area contributed by atoms with Crippen LogP contribution >= 0.6 is 23.2 Å². The van der Waals surface area contributed by atoms with Crippen molar-refractivity contribution in [2.24, 2.45) is 0 Å². The largest absolute Gasteiger partial charge is 0.498 e. The standard InChI is InChI=1S/C25H24B2Cl2FN5O4/c1-12-10-32-18(34-6-5-31-21(23(34)37)24(3,4)38)9-16(12)35-13(2)7-17(19(29)22(35)36)39-25(26,27)20-15(30)8-14(28)11-33-20/h5-11,38H,26-27H2,1-4H3. The van der Waals surface area contributed by atoms with Gasteiger partial charge in [-0.3, -0.25) is 28.7 Å². The lowest BCUT2D eigenvalue weighted by atomic mass is 9.62. The zero-order chi connectivity index (χ0) is 28.9. The van der Waals surface area contributed by atoms with Crippen LogP contribution in [0.25, 0.3) is 11.5 Å². The molecule has 0 amide bonds. The van der Waals surface area contributed by atoms with E-state index in [0.29, 0.717) is 16.9 Å². The highest BCUT2D eigenvalue weighted by Gasteiger charge is 2.30. The molecule has 4 heterocycles. The molecule has 0 fully saturated rings. The second-order valence-corrected chi connectivity index (χ2v) is 10.9. The van der Waals surface area contributed by atoms with E-state index in [1.165, 1.54) is 47.8 Å². The Hall–Kier alpha value is -3.47. The molecular weight excluding hydrogens is 546 g/mol.